The minimum atomic E-state index is 0.285. The molecule has 2 unspecified atom stereocenters. The number of hydrogen-bond acceptors (Lipinski definition) is 2. The predicted octanol–water partition coefficient (Wildman–Crippen LogP) is 1.68. The monoisotopic (exact) mass is 203 g/mol. The van der Waals surface area contributed by atoms with Gasteiger partial charge in [-0.3, -0.25) is 4.79 Å². The number of rotatable bonds is 2. The van der Waals surface area contributed by atoms with Crippen molar-refractivity contribution >= 4 is 11.6 Å². The van der Waals surface area contributed by atoms with Crippen molar-refractivity contribution in [1.82, 2.24) is 0 Å². The zero-order valence-electron chi connectivity index (χ0n) is 8.64. The zero-order chi connectivity index (χ0) is 10.4. The highest BCUT2D eigenvalue weighted by Gasteiger charge is 2.52. The lowest BCUT2D eigenvalue weighted by molar-refractivity contribution is -0.118. The van der Waals surface area contributed by atoms with Crippen LogP contribution in [0.5, 0.6) is 5.75 Å². The second kappa shape index (κ2) is 2.99. The van der Waals surface area contributed by atoms with E-state index >= 15 is 0 Å². The van der Waals surface area contributed by atoms with Crippen molar-refractivity contribution in [2.75, 3.05) is 18.6 Å². The molecule has 0 aromatic heterocycles. The average molecular weight is 203 g/mol. The van der Waals surface area contributed by atoms with Gasteiger partial charge in [0.1, 0.15) is 5.75 Å². The number of anilines is 1. The summed E-state index contributed by atoms with van der Waals surface area (Å²) in [7, 11) is 1.64. The van der Waals surface area contributed by atoms with E-state index in [1.54, 1.807) is 7.11 Å². The summed E-state index contributed by atoms with van der Waals surface area (Å²) in [5.74, 6) is 2.02. The van der Waals surface area contributed by atoms with Crippen LogP contribution in [0.2, 0.25) is 0 Å². The van der Waals surface area contributed by atoms with E-state index < -0.39 is 0 Å². The molecule has 0 bridgehead atoms. The van der Waals surface area contributed by atoms with E-state index in [1.165, 1.54) is 0 Å². The standard InChI is InChI=1S/C12H13NO2/c1-15-10-4-2-3-9(6-10)13-7-8-5-11(8)12(13)14/h2-4,6,8,11H,5,7H2,1H3. The molecule has 1 saturated heterocycles. The molecule has 0 spiro atoms. The highest BCUT2D eigenvalue weighted by atomic mass is 16.5. The Hall–Kier alpha value is -1.51. The fourth-order valence-electron chi connectivity index (χ4n) is 2.29. The van der Waals surface area contributed by atoms with Crippen LogP contribution in [0.15, 0.2) is 24.3 Å². The summed E-state index contributed by atoms with van der Waals surface area (Å²) in [5, 5.41) is 0. The number of amides is 1. The number of fused-ring (bicyclic) bond motifs is 1. The smallest absolute Gasteiger partial charge is 0.230 e. The Bertz CT molecular complexity index is 416. The van der Waals surface area contributed by atoms with E-state index in [0.29, 0.717) is 11.8 Å². The maximum Gasteiger partial charge on any atom is 0.230 e. The second-order valence-electron chi connectivity index (χ2n) is 4.25. The lowest BCUT2D eigenvalue weighted by atomic mass is 10.2. The van der Waals surface area contributed by atoms with Crippen molar-refractivity contribution in [3.63, 3.8) is 0 Å². The average Bonchev–Trinajstić information content (AvgIpc) is 2.98. The predicted molar refractivity (Wildman–Crippen MR) is 56.9 cm³/mol. The summed E-state index contributed by atoms with van der Waals surface area (Å²) in [6.45, 7) is 0.886. The lowest BCUT2D eigenvalue weighted by Crippen LogP contribution is -2.27. The minimum absolute atomic E-state index is 0.285. The van der Waals surface area contributed by atoms with Crippen LogP contribution in [0.4, 0.5) is 5.69 Å². The molecule has 1 saturated carbocycles. The Morgan fingerprint density at radius 2 is 2.33 bits per heavy atom. The Kier molecular flexibility index (Phi) is 1.75. The van der Waals surface area contributed by atoms with Gasteiger partial charge in [0, 0.05) is 24.2 Å². The Balaban J connectivity index is 1.89. The highest BCUT2D eigenvalue weighted by molar-refractivity contribution is 5.99. The molecule has 2 fully saturated rings. The van der Waals surface area contributed by atoms with Gasteiger partial charge in [-0.15, -0.1) is 0 Å². The number of benzene rings is 1. The van der Waals surface area contributed by atoms with E-state index in [1.807, 2.05) is 29.2 Å². The van der Waals surface area contributed by atoms with Gasteiger partial charge < -0.3 is 9.64 Å². The first-order chi connectivity index (χ1) is 7.29. The molecule has 1 aliphatic carbocycles. The van der Waals surface area contributed by atoms with E-state index in [-0.39, 0.29) is 5.91 Å². The quantitative estimate of drug-likeness (QED) is 0.731. The molecule has 78 valence electrons. The largest absolute Gasteiger partial charge is 0.497 e. The van der Waals surface area contributed by atoms with Crippen LogP contribution in [0.1, 0.15) is 6.42 Å². The third kappa shape index (κ3) is 1.30. The van der Waals surface area contributed by atoms with Gasteiger partial charge in [-0.1, -0.05) is 6.07 Å². The second-order valence-corrected chi connectivity index (χ2v) is 4.25. The van der Waals surface area contributed by atoms with Gasteiger partial charge in [0.2, 0.25) is 5.91 Å². The highest BCUT2D eigenvalue weighted by Crippen LogP contribution is 2.47. The molecular weight excluding hydrogens is 190 g/mol. The van der Waals surface area contributed by atoms with Crippen molar-refractivity contribution in [2.45, 2.75) is 6.42 Å². The van der Waals surface area contributed by atoms with Crippen LogP contribution in [0.3, 0.4) is 0 Å². The first-order valence-electron chi connectivity index (χ1n) is 5.25. The summed E-state index contributed by atoms with van der Waals surface area (Å²) in [6, 6.07) is 7.70. The summed E-state index contributed by atoms with van der Waals surface area (Å²) in [5.41, 5.74) is 0.964. The van der Waals surface area contributed by atoms with Crippen molar-refractivity contribution in [3.8, 4) is 5.75 Å². The molecule has 1 aromatic rings. The molecule has 2 atom stereocenters. The SMILES string of the molecule is COc1cccc(N2CC3CC3C2=O)c1. The summed E-state index contributed by atoms with van der Waals surface area (Å²) in [4.78, 5) is 13.7. The molecule has 2 aliphatic rings. The lowest BCUT2D eigenvalue weighted by Gasteiger charge is -2.18. The molecule has 3 rings (SSSR count). The van der Waals surface area contributed by atoms with E-state index in [0.717, 1.165) is 24.4 Å². The number of methoxy groups -OCH3 is 1. The van der Waals surface area contributed by atoms with Crippen molar-refractivity contribution in [3.05, 3.63) is 24.3 Å². The van der Waals surface area contributed by atoms with Gasteiger partial charge in [0.25, 0.3) is 0 Å². The first kappa shape index (κ1) is 8.77. The Morgan fingerprint density at radius 1 is 1.47 bits per heavy atom. The maximum atomic E-state index is 11.8. The molecule has 0 radical (unpaired) electrons. The number of carbonyl (C=O) groups excluding carboxylic acids is 1. The van der Waals surface area contributed by atoms with Crippen LogP contribution in [-0.2, 0) is 4.79 Å². The number of ether oxygens (including phenoxy) is 1. The Morgan fingerprint density at radius 3 is 3.00 bits per heavy atom. The van der Waals surface area contributed by atoms with Gasteiger partial charge in [0.15, 0.2) is 0 Å². The third-order valence-corrected chi connectivity index (χ3v) is 3.29. The van der Waals surface area contributed by atoms with Crippen molar-refractivity contribution < 1.29 is 9.53 Å². The van der Waals surface area contributed by atoms with Crippen molar-refractivity contribution in [2.24, 2.45) is 11.8 Å². The maximum absolute atomic E-state index is 11.8. The van der Waals surface area contributed by atoms with Gasteiger partial charge in [-0.05, 0) is 24.5 Å². The van der Waals surface area contributed by atoms with Crippen LogP contribution < -0.4 is 9.64 Å². The summed E-state index contributed by atoms with van der Waals surface area (Å²) < 4.78 is 5.15. The van der Waals surface area contributed by atoms with Gasteiger partial charge in [-0.25, -0.2) is 0 Å². The van der Waals surface area contributed by atoms with E-state index in [2.05, 4.69) is 0 Å². The molecule has 3 heteroatoms. The first-order valence-corrected chi connectivity index (χ1v) is 5.25. The van der Waals surface area contributed by atoms with Gasteiger partial charge >= 0.3 is 0 Å². The topological polar surface area (TPSA) is 29.5 Å². The molecule has 1 heterocycles. The fraction of sp³-hybridized carbons (Fsp3) is 0.417. The molecule has 1 aromatic carbocycles. The number of nitrogens with zero attached hydrogens (tertiary/aromatic N) is 1. The molecular formula is C12H13NO2. The van der Waals surface area contributed by atoms with Crippen LogP contribution in [0.25, 0.3) is 0 Å². The fourth-order valence-corrected chi connectivity index (χ4v) is 2.29. The minimum Gasteiger partial charge on any atom is -0.497 e. The normalized spacial score (nSPS) is 27.8. The number of carbonyl (C=O) groups is 1. The third-order valence-electron chi connectivity index (χ3n) is 3.29. The van der Waals surface area contributed by atoms with E-state index in [9.17, 15) is 4.79 Å². The van der Waals surface area contributed by atoms with Crippen LogP contribution in [0, 0.1) is 11.8 Å². The molecule has 3 nitrogen and oxygen atoms in total. The molecule has 0 N–H and O–H groups in total. The van der Waals surface area contributed by atoms with Crippen LogP contribution >= 0.6 is 0 Å². The van der Waals surface area contributed by atoms with Crippen molar-refractivity contribution in [1.29, 1.82) is 0 Å². The van der Waals surface area contributed by atoms with Gasteiger partial charge in [0.05, 0.1) is 7.11 Å². The number of piperidine rings is 1. The zero-order valence-corrected chi connectivity index (χ0v) is 8.64. The molecule has 1 amide bonds. The van der Waals surface area contributed by atoms with Crippen LogP contribution in [-0.4, -0.2) is 19.6 Å². The summed E-state index contributed by atoms with van der Waals surface area (Å²) in [6.07, 6.45) is 1.10. The van der Waals surface area contributed by atoms with E-state index in [4.69, 9.17) is 4.74 Å². The summed E-state index contributed by atoms with van der Waals surface area (Å²) >= 11 is 0. The molecule has 15 heavy (non-hydrogen) atoms. The Labute approximate surface area is 88.6 Å². The molecule has 1 aliphatic heterocycles. The van der Waals surface area contributed by atoms with Gasteiger partial charge in [-0.2, -0.15) is 0 Å². The number of hydrogen-bond donors (Lipinski definition) is 0.